The molecule has 0 aliphatic heterocycles. The van der Waals surface area contributed by atoms with E-state index in [2.05, 4.69) is 15.6 Å². The third-order valence-electron chi connectivity index (χ3n) is 2.00. The van der Waals surface area contributed by atoms with Gasteiger partial charge in [0.15, 0.2) is 0 Å². The van der Waals surface area contributed by atoms with Crippen molar-refractivity contribution < 1.29 is 9.53 Å². The molecule has 0 bridgehead atoms. The summed E-state index contributed by atoms with van der Waals surface area (Å²) >= 11 is 0. The predicted octanol–water partition coefficient (Wildman–Crippen LogP) is 1.42. The zero-order valence-electron chi connectivity index (χ0n) is 10.5. The number of ether oxygens (including phenoxy) is 1. The lowest BCUT2D eigenvalue weighted by Crippen LogP contribution is -2.32. The molecule has 0 saturated heterocycles. The van der Waals surface area contributed by atoms with Crippen LogP contribution < -0.4 is 15.4 Å². The summed E-state index contributed by atoms with van der Waals surface area (Å²) in [5.74, 6) is 0.348. The maximum Gasteiger partial charge on any atom is 0.238 e. The molecule has 94 valence electrons. The van der Waals surface area contributed by atoms with Crippen LogP contribution in [0.15, 0.2) is 18.3 Å². The van der Waals surface area contributed by atoms with Crippen LogP contribution in [0.5, 0.6) is 5.88 Å². The minimum atomic E-state index is -0.104. The van der Waals surface area contributed by atoms with Crippen LogP contribution in [0.1, 0.15) is 20.8 Å². The van der Waals surface area contributed by atoms with Gasteiger partial charge in [-0.25, -0.2) is 4.98 Å². The van der Waals surface area contributed by atoms with Gasteiger partial charge in [0.25, 0.3) is 0 Å². The molecule has 1 aromatic heterocycles. The summed E-state index contributed by atoms with van der Waals surface area (Å²) < 4.78 is 5.32. The largest absolute Gasteiger partial charge is 0.476 e. The average molecular weight is 237 g/mol. The molecule has 1 aromatic rings. The molecule has 0 unspecified atom stereocenters. The summed E-state index contributed by atoms with van der Waals surface area (Å²) in [7, 11) is 0. The highest BCUT2D eigenvalue weighted by Gasteiger charge is 2.08. The lowest BCUT2D eigenvalue weighted by atomic mass is 10.3. The molecule has 0 spiro atoms. The average Bonchev–Trinajstić information content (AvgIpc) is 2.29. The number of carbonyl (C=O) groups is 1. The second-order valence-electron chi connectivity index (χ2n) is 3.87. The standard InChI is InChI=1S/C12H19N3O2/c1-4-17-12-10(6-5-7-13-12)15-11(16)8-14-9(2)3/h5-7,9,14H,4,8H2,1-3H3,(H,15,16). The van der Waals surface area contributed by atoms with E-state index in [1.807, 2.05) is 20.8 Å². The first-order chi connectivity index (χ1) is 8.13. The third kappa shape index (κ3) is 4.82. The van der Waals surface area contributed by atoms with Gasteiger partial charge < -0.3 is 15.4 Å². The maximum atomic E-state index is 11.6. The van der Waals surface area contributed by atoms with Gasteiger partial charge >= 0.3 is 0 Å². The van der Waals surface area contributed by atoms with Gasteiger partial charge in [-0.05, 0) is 19.1 Å². The van der Waals surface area contributed by atoms with Crippen molar-refractivity contribution >= 4 is 11.6 Å². The van der Waals surface area contributed by atoms with Crippen molar-refractivity contribution in [1.29, 1.82) is 0 Å². The van der Waals surface area contributed by atoms with Gasteiger partial charge in [-0.1, -0.05) is 13.8 Å². The van der Waals surface area contributed by atoms with E-state index < -0.39 is 0 Å². The molecule has 0 fully saturated rings. The summed E-state index contributed by atoms with van der Waals surface area (Å²) in [4.78, 5) is 15.7. The fraction of sp³-hybridized carbons (Fsp3) is 0.500. The van der Waals surface area contributed by atoms with Crippen molar-refractivity contribution in [3.8, 4) is 5.88 Å². The van der Waals surface area contributed by atoms with E-state index in [9.17, 15) is 4.79 Å². The number of hydrogen-bond donors (Lipinski definition) is 2. The first-order valence-corrected chi connectivity index (χ1v) is 5.74. The Morgan fingerprint density at radius 2 is 2.29 bits per heavy atom. The Balaban J connectivity index is 2.58. The van der Waals surface area contributed by atoms with Crippen LogP contribution in [0, 0.1) is 0 Å². The number of anilines is 1. The Morgan fingerprint density at radius 1 is 1.53 bits per heavy atom. The van der Waals surface area contributed by atoms with E-state index in [1.54, 1.807) is 18.3 Å². The van der Waals surface area contributed by atoms with Crippen LogP contribution in [-0.2, 0) is 4.79 Å². The van der Waals surface area contributed by atoms with Gasteiger partial charge in [0, 0.05) is 12.2 Å². The molecule has 1 rings (SSSR count). The molecule has 1 heterocycles. The second-order valence-corrected chi connectivity index (χ2v) is 3.87. The smallest absolute Gasteiger partial charge is 0.238 e. The molecule has 2 N–H and O–H groups in total. The highest BCUT2D eigenvalue weighted by Crippen LogP contribution is 2.19. The number of carbonyl (C=O) groups excluding carboxylic acids is 1. The Morgan fingerprint density at radius 3 is 2.94 bits per heavy atom. The number of nitrogens with zero attached hydrogens (tertiary/aromatic N) is 1. The SMILES string of the molecule is CCOc1ncccc1NC(=O)CNC(C)C. The van der Waals surface area contributed by atoms with Crippen molar-refractivity contribution in [3.05, 3.63) is 18.3 Å². The lowest BCUT2D eigenvalue weighted by molar-refractivity contribution is -0.115. The van der Waals surface area contributed by atoms with E-state index in [-0.39, 0.29) is 18.5 Å². The van der Waals surface area contributed by atoms with Gasteiger partial charge in [0.1, 0.15) is 5.69 Å². The predicted molar refractivity (Wildman–Crippen MR) is 67.2 cm³/mol. The van der Waals surface area contributed by atoms with E-state index in [0.29, 0.717) is 18.2 Å². The quantitative estimate of drug-likeness (QED) is 0.785. The highest BCUT2D eigenvalue weighted by molar-refractivity contribution is 5.93. The van der Waals surface area contributed by atoms with Gasteiger partial charge in [0.05, 0.1) is 13.2 Å². The van der Waals surface area contributed by atoms with Crippen molar-refractivity contribution in [1.82, 2.24) is 10.3 Å². The number of hydrogen-bond acceptors (Lipinski definition) is 4. The molecule has 0 aliphatic rings. The minimum Gasteiger partial charge on any atom is -0.476 e. The second kappa shape index (κ2) is 6.85. The van der Waals surface area contributed by atoms with Crippen LogP contribution in [0.4, 0.5) is 5.69 Å². The third-order valence-corrected chi connectivity index (χ3v) is 2.00. The van der Waals surface area contributed by atoms with E-state index in [0.717, 1.165) is 0 Å². The molecule has 5 heteroatoms. The first kappa shape index (κ1) is 13.4. The molecule has 0 radical (unpaired) electrons. The fourth-order valence-electron chi connectivity index (χ4n) is 1.23. The molecule has 1 amide bonds. The highest BCUT2D eigenvalue weighted by atomic mass is 16.5. The van der Waals surface area contributed by atoms with Gasteiger partial charge in [-0.3, -0.25) is 4.79 Å². The topological polar surface area (TPSA) is 63.2 Å². The molecule has 0 aromatic carbocycles. The van der Waals surface area contributed by atoms with E-state index in [1.165, 1.54) is 0 Å². The van der Waals surface area contributed by atoms with Crippen molar-refractivity contribution in [2.45, 2.75) is 26.8 Å². The van der Waals surface area contributed by atoms with Crippen LogP contribution in [0.2, 0.25) is 0 Å². The molecule has 0 aliphatic carbocycles. The van der Waals surface area contributed by atoms with Gasteiger partial charge in [-0.15, -0.1) is 0 Å². The summed E-state index contributed by atoms with van der Waals surface area (Å²) in [5.41, 5.74) is 0.602. The summed E-state index contributed by atoms with van der Waals surface area (Å²) in [6, 6.07) is 3.81. The molecular weight excluding hydrogens is 218 g/mol. The van der Waals surface area contributed by atoms with Crippen molar-refractivity contribution in [3.63, 3.8) is 0 Å². The normalized spacial score (nSPS) is 10.4. The minimum absolute atomic E-state index is 0.104. The fourth-order valence-corrected chi connectivity index (χ4v) is 1.23. The Kier molecular flexibility index (Phi) is 5.42. The number of pyridine rings is 1. The number of rotatable bonds is 6. The molecule has 5 nitrogen and oxygen atoms in total. The Bertz CT molecular complexity index is 367. The number of amides is 1. The molecule has 17 heavy (non-hydrogen) atoms. The maximum absolute atomic E-state index is 11.6. The van der Waals surface area contributed by atoms with Crippen LogP contribution in [-0.4, -0.2) is 30.1 Å². The monoisotopic (exact) mass is 237 g/mol. The van der Waals surface area contributed by atoms with Crippen LogP contribution >= 0.6 is 0 Å². The zero-order valence-corrected chi connectivity index (χ0v) is 10.5. The molecule has 0 atom stereocenters. The zero-order chi connectivity index (χ0) is 12.7. The number of nitrogens with one attached hydrogen (secondary N) is 2. The van der Waals surface area contributed by atoms with Crippen molar-refractivity contribution in [2.75, 3.05) is 18.5 Å². The Hall–Kier alpha value is -1.62. The summed E-state index contributed by atoms with van der Waals surface area (Å²) in [6.07, 6.45) is 1.63. The lowest BCUT2D eigenvalue weighted by Gasteiger charge is -2.11. The molecule has 0 saturated carbocycles. The molecular formula is C12H19N3O2. The van der Waals surface area contributed by atoms with E-state index in [4.69, 9.17) is 4.74 Å². The van der Waals surface area contributed by atoms with Crippen molar-refractivity contribution in [2.24, 2.45) is 0 Å². The van der Waals surface area contributed by atoms with Crippen LogP contribution in [0.3, 0.4) is 0 Å². The van der Waals surface area contributed by atoms with E-state index >= 15 is 0 Å². The summed E-state index contributed by atoms with van der Waals surface area (Å²) in [5, 5.41) is 5.81. The van der Waals surface area contributed by atoms with Crippen LogP contribution in [0.25, 0.3) is 0 Å². The first-order valence-electron chi connectivity index (χ1n) is 5.74. The Labute approximate surface area is 102 Å². The van der Waals surface area contributed by atoms with Gasteiger partial charge in [-0.2, -0.15) is 0 Å². The summed E-state index contributed by atoms with van der Waals surface area (Å²) in [6.45, 7) is 6.65. The van der Waals surface area contributed by atoms with Gasteiger partial charge in [0.2, 0.25) is 11.8 Å². The number of aromatic nitrogens is 1.